The third-order valence-corrected chi connectivity index (χ3v) is 15.1. The molecule has 0 spiro atoms. The van der Waals surface area contributed by atoms with Gasteiger partial charge in [0.1, 0.15) is 27.4 Å². The first-order chi connectivity index (χ1) is 42.0. The van der Waals surface area contributed by atoms with Gasteiger partial charge < -0.3 is 45.5 Å². The quantitative estimate of drug-likeness (QED) is 0.0298. The molecule has 6 N–H and O–H groups in total. The molecule has 10 rings (SSSR count). The van der Waals surface area contributed by atoms with Crippen molar-refractivity contribution in [2.75, 3.05) is 35.5 Å². The summed E-state index contributed by atoms with van der Waals surface area (Å²) in [6.45, 7) is 3.61. The first-order valence-corrected chi connectivity index (χ1v) is 29.1. The van der Waals surface area contributed by atoms with E-state index in [-0.39, 0.29) is 70.6 Å². The average molecular weight is 1260 g/mol. The van der Waals surface area contributed by atoms with Gasteiger partial charge in [0.2, 0.25) is 0 Å². The van der Waals surface area contributed by atoms with Crippen molar-refractivity contribution in [2.24, 2.45) is 20.5 Å². The van der Waals surface area contributed by atoms with Gasteiger partial charge in [0.15, 0.2) is 0 Å². The molecule has 4 amide bonds. The number of methoxy groups -OCH3 is 2. The van der Waals surface area contributed by atoms with Crippen molar-refractivity contribution in [3.05, 3.63) is 228 Å². The van der Waals surface area contributed by atoms with Crippen LogP contribution in [-0.2, 0) is 20.2 Å². The minimum absolute atomic E-state index is 0. The van der Waals surface area contributed by atoms with E-state index in [0.717, 1.165) is 23.3 Å². The van der Waals surface area contributed by atoms with Crippen LogP contribution >= 0.6 is 0 Å². The van der Waals surface area contributed by atoms with Crippen molar-refractivity contribution in [2.45, 2.75) is 23.6 Å². The van der Waals surface area contributed by atoms with E-state index >= 15 is 0 Å². The van der Waals surface area contributed by atoms with E-state index in [1.165, 1.54) is 61.7 Å². The molecule has 0 saturated carbocycles. The number of fused-ring (bicyclic) bond motifs is 2. The minimum atomic E-state index is -4.60. The average Bonchev–Trinajstić information content (AvgIpc) is 1.50. The number of aryl methyl sites for hydroxylation is 2. The number of anilines is 4. The Morgan fingerprint density at radius 3 is 1.24 bits per heavy atom. The molecule has 22 nitrogen and oxygen atoms in total. The summed E-state index contributed by atoms with van der Waals surface area (Å²) in [5.74, 6) is -1.41. The zero-order chi connectivity index (χ0) is 62.9. The van der Waals surface area contributed by atoms with Crippen molar-refractivity contribution >= 4 is 149 Å². The largest absolute Gasteiger partial charge is 2.00 e. The number of benzene rings is 10. The summed E-state index contributed by atoms with van der Waals surface area (Å²) in [7, 11) is -5.87. The molecule has 0 bridgehead atoms. The molecule has 25 heteroatoms. The van der Waals surface area contributed by atoms with Crippen LogP contribution in [0.4, 0.5) is 45.5 Å². The molecule has 0 unspecified atom stereocenters. The van der Waals surface area contributed by atoms with Gasteiger partial charge in [-0.25, -0.2) is 8.42 Å². The number of ether oxygens (including phenoxy) is 2. The Kier molecular flexibility index (Phi) is 20.7. The Morgan fingerprint density at radius 1 is 0.449 bits per heavy atom. The Hall–Kier alpha value is -9.92. The second-order valence-electron chi connectivity index (χ2n) is 19.4. The number of nitrogens with one attached hydrogen (secondary N) is 4. The van der Waals surface area contributed by atoms with Crippen LogP contribution in [0.5, 0.6) is 23.0 Å². The summed E-state index contributed by atoms with van der Waals surface area (Å²) in [5.41, 5.74) is 5.33. The maximum atomic E-state index is 13.0. The minimum Gasteiger partial charge on any atom is -0.872 e. The van der Waals surface area contributed by atoms with E-state index in [0.29, 0.717) is 78.5 Å². The van der Waals surface area contributed by atoms with E-state index in [4.69, 9.17) is 14.0 Å². The van der Waals surface area contributed by atoms with Gasteiger partial charge in [-0.1, -0.05) is 48.2 Å². The fourth-order valence-electron chi connectivity index (χ4n) is 8.62. The van der Waals surface area contributed by atoms with Crippen LogP contribution in [0.15, 0.2) is 224 Å². The standard InChI is InChI=1S/2C32H26N4O7S.Ca/c2*1-19-6-7-21(31(38)33-23-10-14-25(15-11-23)44(40,41)42)16-29(19)36-35-28-5-3-4-20-17-30(37)27(18-26(20)28)32(39)34-22-8-12-24(43-2)13-9-22;/h2*3-18,37H,1-2H3,(H,33,38)(H,34,39)(H,40,41,42);/q;;+2/p-2. The number of hydrogen-bond acceptors (Lipinski definition) is 17. The van der Waals surface area contributed by atoms with Gasteiger partial charge in [-0.15, -0.1) is 10.2 Å². The summed E-state index contributed by atoms with van der Waals surface area (Å²) >= 11 is 0. The third kappa shape index (κ3) is 16.4. The summed E-state index contributed by atoms with van der Waals surface area (Å²) in [5, 5.41) is 54.0. The zero-order valence-corrected chi connectivity index (χ0v) is 51.4. The van der Waals surface area contributed by atoms with Crippen molar-refractivity contribution in [3.63, 3.8) is 0 Å². The van der Waals surface area contributed by atoms with Gasteiger partial charge in [0.25, 0.3) is 33.7 Å². The Bertz CT molecular complexity index is 4350. The predicted molar refractivity (Wildman–Crippen MR) is 334 cm³/mol. The van der Waals surface area contributed by atoms with Gasteiger partial charge in [0.05, 0.1) is 52.3 Å². The molecule has 10 aromatic carbocycles. The first-order valence-electron chi connectivity index (χ1n) is 26.2. The number of nitrogens with zero attached hydrogens (tertiary/aromatic N) is 4. The normalized spacial score (nSPS) is 11.3. The van der Waals surface area contributed by atoms with Crippen LogP contribution in [0.2, 0.25) is 0 Å². The van der Waals surface area contributed by atoms with Crippen LogP contribution < -0.4 is 35.8 Å². The second-order valence-corrected chi connectivity index (χ2v) is 22.2. The Labute approximate surface area is 539 Å². The number of phenolic OH excluding ortho intramolecular Hbond substituents is 1. The molecule has 0 atom stereocenters. The number of aromatic hydroxyl groups is 1. The molecule has 444 valence electrons. The van der Waals surface area contributed by atoms with E-state index < -0.39 is 54.5 Å². The molecule has 0 saturated heterocycles. The summed E-state index contributed by atoms with van der Waals surface area (Å²) in [4.78, 5) is 51.1. The Balaban J connectivity index is 0.000000228. The maximum Gasteiger partial charge on any atom is 2.00 e. The van der Waals surface area contributed by atoms with Crippen molar-refractivity contribution in [1.82, 2.24) is 0 Å². The molecule has 0 aliphatic rings. The molecule has 0 radical (unpaired) electrons. The summed E-state index contributed by atoms with van der Waals surface area (Å²) in [6.07, 6.45) is 0. The van der Waals surface area contributed by atoms with E-state index in [2.05, 4.69) is 41.7 Å². The van der Waals surface area contributed by atoms with Gasteiger partial charge in [0, 0.05) is 50.2 Å². The number of carbonyl (C=O) groups is 4. The van der Waals surface area contributed by atoms with Crippen LogP contribution in [-0.4, -0.2) is 107 Å². The smallest absolute Gasteiger partial charge is 0.872 e. The number of amides is 4. The monoisotopic (exact) mass is 1260 g/mol. The third-order valence-electron chi connectivity index (χ3n) is 13.4. The van der Waals surface area contributed by atoms with Crippen molar-refractivity contribution < 1.29 is 64.8 Å². The number of azo groups is 2. The zero-order valence-electron chi connectivity index (χ0n) is 47.6. The van der Waals surface area contributed by atoms with E-state index in [1.54, 1.807) is 141 Å². The second kappa shape index (κ2) is 28.3. The fourth-order valence-corrected chi connectivity index (χ4v) is 9.57. The maximum absolute atomic E-state index is 13.0. The molecule has 0 aliphatic carbocycles. The summed E-state index contributed by atoms with van der Waals surface area (Å²) < 4.78 is 75.4. The number of rotatable bonds is 16. The number of phenols is 1. The van der Waals surface area contributed by atoms with Crippen molar-refractivity contribution in [3.8, 4) is 23.0 Å². The van der Waals surface area contributed by atoms with Crippen LogP contribution in [0.25, 0.3) is 21.5 Å². The van der Waals surface area contributed by atoms with Gasteiger partial charge in [-0.05, 0) is 187 Å². The summed E-state index contributed by atoms with van der Waals surface area (Å²) in [6, 6.07) is 49.4. The van der Waals surface area contributed by atoms with Gasteiger partial charge in [-0.3, -0.25) is 23.7 Å². The Morgan fingerprint density at radius 2 is 0.820 bits per heavy atom. The molecule has 0 heterocycles. The van der Waals surface area contributed by atoms with Crippen LogP contribution in [0, 0.1) is 13.8 Å². The number of hydrogen-bond donors (Lipinski definition) is 6. The van der Waals surface area contributed by atoms with Crippen LogP contribution in [0.1, 0.15) is 52.6 Å². The molecule has 0 aliphatic heterocycles. The first kappa shape index (κ1) is 65.1. The van der Waals surface area contributed by atoms with E-state index in [9.17, 15) is 50.8 Å². The molecule has 89 heavy (non-hydrogen) atoms. The van der Waals surface area contributed by atoms with Gasteiger partial charge >= 0.3 is 37.7 Å². The number of carbonyl (C=O) groups excluding carboxylic acids is 4. The SMILES string of the molecule is COc1ccc(NC(=O)c2cc3c(N=Nc4cc(C(=O)Nc5ccc(S(=O)(=O)O)cc5)ccc4C)cccc3cc2O)cc1.COc1ccc(NC(=O)c2cc3c(N=Nc4cc(C(=O)Nc5ccc(S(=O)(=O)[O-])cc5)ccc4C)cccc3cc2[O-])cc1.[Ca+2]. The fraction of sp³-hybridized carbons (Fsp3) is 0.0625. The molecule has 0 fully saturated rings. The molecular weight excluding hydrogens is 1210 g/mol. The van der Waals surface area contributed by atoms with E-state index in [1.807, 2.05) is 6.92 Å². The van der Waals surface area contributed by atoms with Gasteiger partial charge in [-0.2, -0.15) is 18.6 Å². The predicted octanol–water partition coefficient (Wildman–Crippen LogP) is 12.7. The molecular formula is C64H50CaN8O14S2. The van der Waals surface area contributed by atoms with Crippen LogP contribution in [0.3, 0.4) is 0 Å². The topological polar surface area (TPSA) is 339 Å². The van der Waals surface area contributed by atoms with Crippen molar-refractivity contribution in [1.29, 1.82) is 0 Å². The molecule has 0 aromatic heterocycles. The molecule has 10 aromatic rings.